The number of carbonyl (C=O) groups excluding carboxylic acids is 1. The SMILES string of the molecule is O=C1CS/C(=N/N=C/c2ccc(OCc3ccccc3)cc2)N1. The van der Waals surface area contributed by atoms with Gasteiger partial charge < -0.3 is 10.1 Å². The lowest BCUT2D eigenvalue weighted by atomic mass is 10.2. The van der Waals surface area contributed by atoms with Gasteiger partial charge in [-0.1, -0.05) is 42.1 Å². The highest BCUT2D eigenvalue weighted by molar-refractivity contribution is 8.15. The Labute approximate surface area is 138 Å². The lowest BCUT2D eigenvalue weighted by Gasteiger charge is -2.06. The minimum Gasteiger partial charge on any atom is -0.489 e. The lowest BCUT2D eigenvalue weighted by molar-refractivity contribution is -0.116. The first kappa shape index (κ1) is 15.3. The van der Waals surface area contributed by atoms with Crippen LogP contribution in [0.2, 0.25) is 0 Å². The van der Waals surface area contributed by atoms with Crippen molar-refractivity contribution in [1.82, 2.24) is 5.32 Å². The summed E-state index contributed by atoms with van der Waals surface area (Å²) >= 11 is 1.35. The van der Waals surface area contributed by atoms with E-state index in [9.17, 15) is 4.79 Å². The molecule has 0 bridgehead atoms. The van der Waals surface area contributed by atoms with Crippen molar-refractivity contribution in [2.75, 3.05) is 5.75 Å². The van der Waals surface area contributed by atoms with Gasteiger partial charge in [-0.15, -0.1) is 5.10 Å². The summed E-state index contributed by atoms with van der Waals surface area (Å²) in [6.07, 6.45) is 1.64. The van der Waals surface area contributed by atoms with Crippen LogP contribution in [0.1, 0.15) is 11.1 Å². The fraction of sp³-hybridized carbons (Fsp3) is 0.118. The zero-order chi connectivity index (χ0) is 15.9. The van der Waals surface area contributed by atoms with Crippen molar-refractivity contribution in [3.63, 3.8) is 0 Å². The maximum Gasteiger partial charge on any atom is 0.236 e. The molecule has 3 rings (SSSR count). The number of amides is 1. The van der Waals surface area contributed by atoms with E-state index in [1.807, 2.05) is 54.6 Å². The molecule has 1 amide bonds. The van der Waals surface area contributed by atoms with Crippen LogP contribution in [-0.2, 0) is 11.4 Å². The Morgan fingerprint density at radius 1 is 1.13 bits per heavy atom. The number of ether oxygens (including phenoxy) is 1. The molecule has 0 aliphatic carbocycles. The van der Waals surface area contributed by atoms with Crippen LogP contribution in [0.3, 0.4) is 0 Å². The monoisotopic (exact) mass is 325 g/mol. The molecular weight excluding hydrogens is 310 g/mol. The van der Waals surface area contributed by atoms with Gasteiger partial charge in [0.2, 0.25) is 5.91 Å². The predicted molar refractivity (Wildman–Crippen MR) is 92.8 cm³/mol. The van der Waals surface area contributed by atoms with Crippen LogP contribution in [0.15, 0.2) is 64.8 Å². The van der Waals surface area contributed by atoms with Gasteiger partial charge in [-0.2, -0.15) is 5.10 Å². The maximum atomic E-state index is 11.0. The summed E-state index contributed by atoms with van der Waals surface area (Å²) in [5, 5.41) is 11.1. The topological polar surface area (TPSA) is 63.0 Å². The molecule has 1 aliphatic heterocycles. The fourth-order valence-corrected chi connectivity index (χ4v) is 2.55. The Kier molecular flexibility index (Phi) is 5.06. The number of thioether (sulfide) groups is 1. The third kappa shape index (κ3) is 4.69. The van der Waals surface area contributed by atoms with Gasteiger partial charge in [-0.3, -0.25) is 4.79 Å². The number of carbonyl (C=O) groups is 1. The van der Waals surface area contributed by atoms with Gasteiger partial charge in [-0.05, 0) is 35.4 Å². The van der Waals surface area contributed by atoms with Crippen molar-refractivity contribution in [1.29, 1.82) is 0 Å². The van der Waals surface area contributed by atoms with E-state index in [1.165, 1.54) is 11.8 Å². The second-order valence-corrected chi connectivity index (χ2v) is 5.79. The molecule has 2 aromatic rings. The molecule has 2 aromatic carbocycles. The van der Waals surface area contributed by atoms with Gasteiger partial charge >= 0.3 is 0 Å². The van der Waals surface area contributed by atoms with E-state index in [1.54, 1.807) is 6.21 Å². The van der Waals surface area contributed by atoms with Gasteiger partial charge in [-0.25, -0.2) is 0 Å². The highest BCUT2D eigenvalue weighted by atomic mass is 32.2. The molecule has 23 heavy (non-hydrogen) atoms. The Bertz CT molecular complexity index is 727. The van der Waals surface area contributed by atoms with E-state index < -0.39 is 0 Å². The average Bonchev–Trinajstić information content (AvgIpc) is 3.00. The van der Waals surface area contributed by atoms with Gasteiger partial charge in [0.05, 0.1) is 12.0 Å². The largest absolute Gasteiger partial charge is 0.489 e. The zero-order valence-corrected chi connectivity index (χ0v) is 13.1. The Balaban J connectivity index is 1.53. The summed E-state index contributed by atoms with van der Waals surface area (Å²) in [6.45, 7) is 0.541. The first-order chi connectivity index (χ1) is 11.3. The minimum atomic E-state index is -0.0381. The summed E-state index contributed by atoms with van der Waals surface area (Å²) in [5.74, 6) is 1.17. The van der Waals surface area contributed by atoms with E-state index in [-0.39, 0.29) is 5.91 Å². The van der Waals surface area contributed by atoms with Crippen LogP contribution in [0, 0.1) is 0 Å². The molecular formula is C17H15N3O2S. The van der Waals surface area contributed by atoms with E-state index in [4.69, 9.17) is 4.74 Å². The summed E-state index contributed by atoms with van der Waals surface area (Å²) in [5.41, 5.74) is 2.04. The highest BCUT2D eigenvalue weighted by Crippen LogP contribution is 2.14. The molecule has 1 N–H and O–H groups in total. The summed E-state index contributed by atoms with van der Waals surface area (Å²) < 4.78 is 5.72. The van der Waals surface area contributed by atoms with Crippen molar-refractivity contribution < 1.29 is 9.53 Å². The van der Waals surface area contributed by atoms with Crippen LogP contribution in [-0.4, -0.2) is 23.0 Å². The molecule has 0 radical (unpaired) electrons. The quantitative estimate of drug-likeness (QED) is 0.679. The molecule has 0 spiro atoms. The van der Waals surface area contributed by atoms with Crippen molar-refractivity contribution in [2.24, 2.45) is 10.2 Å². The van der Waals surface area contributed by atoms with Gasteiger partial charge in [0.15, 0.2) is 5.17 Å². The van der Waals surface area contributed by atoms with Crippen molar-refractivity contribution in [3.8, 4) is 5.75 Å². The number of benzene rings is 2. The molecule has 1 aliphatic rings. The lowest BCUT2D eigenvalue weighted by Crippen LogP contribution is -2.19. The number of hydrogen-bond acceptors (Lipinski definition) is 5. The van der Waals surface area contributed by atoms with E-state index >= 15 is 0 Å². The molecule has 6 heteroatoms. The number of amidine groups is 1. The number of nitrogens with zero attached hydrogens (tertiary/aromatic N) is 2. The third-order valence-electron chi connectivity index (χ3n) is 3.07. The van der Waals surface area contributed by atoms with Crippen molar-refractivity contribution in [3.05, 3.63) is 65.7 Å². The predicted octanol–water partition coefficient (Wildman–Crippen LogP) is 2.82. The maximum absolute atomic E-state index is 11.0. The number of nitrogens with one attached hydrogen (secondary N) is 1. The van der Waals surface area contributed by atoms with Crippen LogP contribution in [0.4, 0.5) is 0 Å². The van der Waals surface area contributed by atoms with Crippen LogP contribution < -0.4 is 10.1 Å². The smallest absolute Gasteiger partial charge is 0.236 e. The highest BCUT2D eigenvalue weighted by Gasteiger charge is 2.15. The van der Waals surface area contributed by atoms with Gasteiger partial charge in [0.1, 0.15) is 12.4 Å². The van der Waals surface area contributed by atoms with Gasteiger partial charge in [0.25, 0.3) is 0 Å². The normalized spacial score (nSPS) is 16.0. The summed E-state index contributed by atoms with van der Waals surface area (Å²) in [7, 11) is 0. The standard InChI is InChI=1S/C17H15N3O2S/c21-16-12-23-17(19-16)20-18-10-13-6-8-15(9-7-13)22-11-14-4-2-1-3-5-14/h1-10H,11-12H2,(H,19,20,21)/b18-10+. The van der Waals surface area contributed by atoms with E-state index in [0.717, 1.165) is 16.9 Å². The van der Waals surface area contributed by atoms with Gasteiger partial charge in [0, 0.05) is 0 Å². The molecule has 0 aromatic heterocycles. The van der Waals surface area contributed by atoms with Crippen molar-refractivity contribution >= 4 is 29.1 Å². The Morgan fingerprint density at radius 3 is 2.61 bits per heavy atom. The first-order valence-corrected chi connectivity index (χ1v) is 8.08. The number of rotatable bonds is 5. The van der Waals surface area contributed by atoms with Crippen LogP contribution in [0.25, 0.3) is 0 Å². The molecule has 1 heterocycles. The van der Waals surface area contributed by atoms with Crippen molar-refractivity contribution in [2.45, 2.75) is 6.61 Å². The van der Waals surface area contributed by atoms with E-state index in [2.05, 4.69) is 15.5 Å². The molecule has 0 atom stereocenters. The second kappa shape index (κ2) is 7.60. The molecule has 0 unspecified atom stereocenters. The molecule has 1 saturated heterocycles. The Hall–Kier alpha value is -2.60. The van der Waals surface area contributed by atoms with Crippen LogP contribution in [0.5, 0.6) is 5.75 Å². The molecule has 116 valence electrons. The first-order valence-electron chi connectivity index (χ1n) is 7.10. The molecule has 1 fully saturated rings. The third-order valence-corrected chi connectivity index (χ3v) is 3.93. The summed E-state index contributed by atoms with van der Waals surface area (Å²) in [6, 6.07) is 17.6. The molecule has 5 nitrogen and oxygen atoms in total. The molecule has 0 saturated carbocycles. The van der Waals surface area contributed by atoms with E-state index in [0.29, 0.717) is 17.5 Å². The average molecular weight is 325 g/mol. The zero-order valence-electron chi connectivity index (χ0n) is 12.3. The van der Waals surface area contributed by atoms with Crippen LogP contribution >= 0.6 is 11.8 Å². The second-order valence-electron chi connectivity index (χ2n) is 4.83. The Morgan fingerprint density at radius 2 is 1.91 bits per heavy atom. The summed E-state index contributed by atoms with van der Waals surface area (Å²) in [4.78, 5) is 11.0. The number of hydrogen-bond donors (Lipinski definition) is 1. The fourth-order valence-electron chi connectivity index (χ4n) is 1.92. The minimum absolute atomic E-state index is 0.0381.